The zero-order valence-electron chi connectivity index (χ0n) is 17.3. The number of carbonyl (C=O) groups excluding carboxylic acids is 1. The number of hydrogen-bond acceptors (Lipinski definition) is 5. The molecule has 2 aliphatic heterocycles. The number of carbonyl (C=O) groups is 1. The topological polar surface area (TPSA) is 75.7 Å². The van der Waals surface area contributed by atoms with Crippen LogP contribution in [0.3, 0.4) is 0 Å². The summed E-state index contributed by atoms with van der Waals surface area (Å²) >= 11 is 0. The van der Waals surface area contributed by atoms with Gasteiger partial charge >= 0.3 is 5.97 Å². The number of esters is 1. The number of ether oxygens (including phenoxy) is 1. The Kier molecular flexibility index (Phi) is 5.32. The highest BCUT2D eigenvalue weighted by Crippen LogP contribution is 2.43. The van der Waals surface area contributed by atoms with Crippen LogP contribution in [-0.2, 0) is 19.6 Å². The van der Waals surface area contributed by atoms with Gasteiger partial charge in [0.1, 0.15) is 0 Å². The summed E-state index contributed by atoms with van der Waals surface area (Å²) in [5.74, 6) is -0.503. The highest BCUT2D eigenvalue weighted by Gasteiger charge is 2.41. The lowest BCUT2D eigenvalue weighted by molar-refractivity contribution is -0.142. The number of anilines is 1. The van der Waals surface area contributed by atoms with Crippen molar-refractivity contribution >= 4 is 21.7 Å². The molecule has 0 spiro atoms. The maximum absolute atomic E-state index is 13.3. The van der Waals surface area contributed by atoms with Crippen molar-refractivity contribution in [3.05, 3.63) is 71.4 Å². The third-order valence-corrected chi connectivity index (χ3v) is 7.33. The van der Waals surface area contributed by atoms with Crippen molar-refractivity contribution in [2.75, 3.05) is 11.9 Å². The lowest BCUT2D eigenvalue weighted by Gasteiger charge is -2.21. The Labute approximate surface area is 177 Å². The quantitative estimate of drug-likeness (QED) is 0.753. The zero-order chi connectivity index (χ0) is 21.5. The number of rotatable bonds is 4. The van der Waals surface area contributed by atoms with Crippen molar-refractivity contribution in [2.45, 2.75) is 50.2 Å². The average Bonchev–Trinajstić information content (AvgIpc) is 2.94. The van der Waals surface area contributed by atoms with Crippen LogP contribution in [0.2, 0.25) is 0 Å². The van der Waals surface area contributed by atoms with Gasteiger partial charge < -0.3 is 10.1 Å². The number of benzene rings is 2. The molecule has 6 nitrogen and oxygen atoms in total. The number of nitrogens with zero attached hydrogens (tertiary/aromatic N) is 1. The molecule has 0 aliphatic carbocycles. The molecule has 0 saturated heterocycles. The van der Waals surface area contributed by atoms with E-state index in [0.717, 1.165) is 16.8 Å². The summed E-state index contributed by atoms with van der Waals surface area (Å²) in [6.07, 6.45) is 1.75. The van der Waals surface area contributed by atoms with Crippen LogP contribution in [0.1, 0.15) is 37.3 Å². The Morgan fingerprint density at radius 3 is 2.53 bits per heavy atom. The fourth-order valence-electron chi connectivity index (χ4n) is 4.08. The van der Waals surface area contributed by atoms with E-state index in [0.29, 0.717) is 12.0 Å². The molecule has 7 heteroatoms. The predicted molar refractivity (Wildman–Crippen MR) is 116 cm³/mol. The summed E-state index contributed by atoms with van der Waals surface area (Å²) in [5, 5.41) is 3.41. The first-order chi connectivity index (χ1) is 14.3. The summed E-state index contributed by atoms with van der Waals surface area (Å²) in [5.41, 5.74) is 3.39. The van der Waals surface area contributed by atoms with Crippen molar-refractivity contribution < 1.29 is 17.9 Å². The standard InChI is InChI=1S/C23H26N2O4S/c1-15(2)29-23(26)20-14-25(30(27,28)17-10-8-16(3)9-11-17)13-12-19-18-6-4-5-7-21(18)24-22(19)20/h4-11,14-15,19,22,24H,12-13H2,1-3H3. The number of hydrogen-bond donors (Lipinski definition) is 1. The molecule has 2 heterocycles. The minimum Gasteiger partial charge on any atom is -0.460 e. The lowest BCUT2D eigenvalue weighted by atomic mass is 9.89. The normalized spacial score (nSPS) is 20.7. The van der Waals surface area contributed by atoms with Gasteiger partial charge in [-0.1, -0.05) is 35.9 Å². The summed E-state index contributed by atoms with van der Waals surface area (Å²) in [7, 11) is -3.78. The smallest absolute Gasteiger partial charge is 0.337 e. The van der Waals surface area contributed by atoms with Gasteiger partial charge in [0.15, 0.2) is 0 Å². The van der Waals surface area contributed by atoms with Gasteiger partial charge in [0.05, 0.1) is 22.6 Å². The molecular formula is C23H26N2O4S. The predicted octanol–water partition coefficient (Wildman–Crippen LogP) is 3.80. The van der Waals surface area contributed by atoms with E-state index >= 15 is 0 Å². The third kappa shape index (κ3) is 3.69. The molecule has 1 N–H and O–H groups in total. The number of fused-ring (bicyclic) bond motifs is 3. The molecule has 4 rings (SSSR count). The Morgan fingerprint density at radius 2 is 1.83 bits per heavy atom. The molecule has 2 aromatic carbocycles. The number of para-hydroxylation sites is 1. The van der Waals surface area contributed by atoms with E-state index in [1.54, 1.807) is 38.1 Å². The molecule has 0 aromatic heterocycles. The molecule has 0 amide bonds. The van der Waals surface area contributed by atoms with Crippen LogP contribution >= 0.6 is 0 Å². The minimum absolute atomic E-state index is 0.00891. The molecular weight excluding hydrogens is 400 g/mol. The van der Waals surface area contributed by atoms with Crippen LogP contribution in [0.5, 0.6) is 0 Å². The van der Waals surface area contributed by atoms with Crippen LogP contribution in [0.15, 0.2) is 65.2 Å². The first kappa shape index (κ1) is 20.5. The van der Waals surface area contributed by atoms with Gasteiger partial charge in [-0.3, -0.25) is 4.31 Å². The van der Waals surface area contributed by atoms with Crippen LogP contribution < -0.4 is 5.32 Å². The van der Waals surface area contributed by atoms with Crippen molar-refractivity contribution in [1.29, 1.82) is 0 Å². The summed E-state index contributed by atoms with van der Waals surface area (Å²) in [6, 6.07) is 14.3. The maximum Gasteiger partial charge on any atom is 0.337 e. The number of sulfonamides is 1. The van der Waals surface area contributed by atoms with E-state index in [2.05, 4.69) is 5.32 Å². The van der Waals surface area contributed by atoms with Crippen LogP contribution in [0.4, 0.5) is 5.69 Å². The Balaban J connectivity index is 1.75. The highest BCUT2D eigenvalue weighted by atomic mass is 32.2. The van der Waals surface area contributed by atoms with Crippen molar-refractivity contribution in [3.63, 3.8) is 0 Å². The third-order valence-electron chi connectivity index (χ3n) is 5.56. The van der Waals surface area contributed by atoms with E-state index in [1.165, 1.54) is 10.5 Å². The highest BCUT2D eigenvalue weighted by molar-refractivity contribution is 7.89. The van der Waals surface area contributed by atoms with Crippen LogP contribution in [0.25, 0.3) is 0 Å². The molecule has 2 aliphatic rings. The van der Waals surface area contributed by atoms with Crippen LogP contribution in [0, 0.1) is 6.92 Å². The number of aryl methyl sites for hydroxylation is 1. The van der Waals surface area contributed by atoms with Gasteiger partial charge in [-0.05, 0) is 51.0 Å². The zero-order valence-corrected chi connectivity index (χ0v) is 18.1. The second kappa shape index (κ2) is 7.80. The molecule has 0 radical (unpaired) electrons. The first-order valence-electron chi connectivity index (χ1n) is 10.1. The molecule has 2 unspecified atom stereocenters. The van der Waals surface area contributed by atoms with E-state index in [9.17, 15) is 13.2 Å². The van der Waals surface area contributed by atoms with Gasteiger partial charge in [-0.15, -0.1) is 0 Å². The molecule has 0 saturated carbocycles. The maximum atomic E-state index is 13.3. The largest absolute Gasteiger partial charge is 0.460 e. The summed E-state index contributed by atoms with van der Waals surface area (Å²) in [4.78, 5) is 13.2. The van der Waals surface area contributed by atoms with Gasteiger partial charge in [-0.25, -0.2) is 13.2 Å². The fourth-order valence-corrected chi connectivity index (χ4v) is 5.43. The Bertz CT molecular complexity index is 1090. The van der Waals surface area contributed by atoms with Crippen molar-refractivity contribution in [1.82, 2.24) is 4.31 Å². The SMILES string of the molecule is Cc1ccc(S(=O)(=O)N2C=C(C(=O)OC(C)C)C3Nc4ccccc4C3CC2)cc1. The molecule has 0 bridgehead atoms. The van der Waals surface area contributed by atoms with Gasteiger partial charge in [0, 0.05) is 24.4 Å². The molecule has 2 atom stereocenters. The van der Waals surface area contributed by atoms with Crippen LogP contribution in [-0.4, -0.2) is 37.4 Å². The summed E-state index contributed by atoms with van der Waals surface area (Å²) in [6.45, 7) is 5.76. The average molecular weight is 427 g/mol. The fraction of sp³-hybridized carbons (Fsp3) is 0.348. The second-order valence-corrected chi connectivity index (χ2v) is 9.96. The van der Waals surface area contributed by atoms with Gasteiger partial charge in [0.25, 0.3) is 10.0 Å². The molecule has 0 fully saturated rings. The van der Waals surface area contributed by atoms with Crippen molar-refractivity contribution in [3.8, 4) is 0 Å². The second-order valence-electron chi connectivity index (χ2n) is 8.07. The monoisotopic (exact) mass is 426 g/mol. The van der Waals surface area contributed by atoms with E-state index < -0.39 is 16.0 Å². The molecule has 2 aromatic rings. The van der Waals surface area contributed by atoms with E-state index in [1.807, 2.05) is 31.2 Å². The van der Waals surface area contributed by atoms with Crippen molar-refractivity contribution in [2.24, 2.45) is 0 Å². The minimum atomic E-state index is -3.78. The number of nitrogens with one attached hydrogen (secondary N) is 1. The Morgan fingerprint density at radius 1 is 1.13 bits per heavy atom. The van der Waals surface area contributed by atoms with E-state index in [-0.39, 0.29) is 29.5 Å². The molecule has 158 valence electrons. The lowest BCUT2D eigenvalue weighted by Crippen LogP contribution is -2.30. The van der Waals surface area contributed by atoms with Gasteiger partial charge in [0.2, 0.25) is 0 Å². The Hall–Kier alpha value is -2.80. The van der Waals surface area contributed by atoms with Gasteiger partial charge in [-0.2, -0.15) is 0 Å². The summed E-state index contributed by atoms with van der Waals surface area (Å²) < 4.78 is 33.4. The first-order valence-corrected chi connectivity index (χ1v) is 11.6. The molecule has 30 heavy (non-hydrogen) atoms. The van der Waals surface area contributed by atoms with E-state index in [4.69, 9.17) is 4.74 Å².